The number of carbonyl (C=O) groups excluding carboxylic acids is 2. The summed E-state index contributed by atoms with van der Waals surface area (Å²) >= 11 is 0. The zero-order chi connectivity index (χ0) is 21.4. The average molecular weight is 412 g/mol. The molecule has 2 N–H and O–H groups in total. The number of nitrogens with zero attached hydrogens (tertiary/aromatic N) is 2. The Morgan fingerprint density at radius 2 is 1.90 bits per heavy atom. The van der Waals surface area contributed by atoms with Crippen molar-refractivity contribution in [1.29, 1.82) is 0 Å². The topological polar surface area (TPSA) is 93.2 Å². The minimum absolute atomic E-state index is 0.0177. The van der Waals surface area contributed by atoms with Gasteiger partial charge in [0.25, 0.3) is 18.2 Å². The van der Waals surface area contributed by atoms with Crippen molar-refractivity contribution in [2.45, 2.75) is 12.8 Å². The highest BCUT2D eigenvalue weighted by atomic mass is 19.3. The van der Waals surface area contributed by atoms with E-state index in [2.05, 4.69) is 27.2 Å². The van der Waals surface area contributed by atoms with Crippen LogP contribution in [0.2, 0.25) is 0 Å². The number of ether oxygens (including phenoxy) is 1. The fourth-order valence-corrected chi connectivity index (χ4v) is 2.00. The van der Waals surface area contributed by atoms with Crippen molar-refractivity contribution in [1.82, 2.24) is 20.6 Å². The van der Waals surface area contributed by atoms with Crippen LogP contribution in [0.1, 0.15) is 29.0 Å². The van der Waals surface area contributed by atoms with Crippen molar-refractivity contribution in [3.05, 3.63) is 65.9 Å². The van der Waals surface area contributed by atoms with Crippen LogP contribution in [-0.4, -0.2) is 34.9 Å². The number of rotatable bonds is 9. The number of hydrogen-bond acceptors (Lipinski definition) is 5. The molecule has 0 aliphatic carbocycles. The molecule has 0 bridgehead atoms. The predicted octanol–water partition coefficient (Wildman–Crippen LogP) is 2.52. The zero-order valence-electron chi connectivity index (χ0n) is 14.9. The first kappa shape index (κ1) is 21.8. The molecule has 1 aromatic carbocycles. The van der Waals surface area contributed by atoms with Gasteiger partial charge in [0.2, 0.25) is 0 Å². The molecule has 0 saturated carbocycles. The van der Waals surface area contributed by atoms with Crippen LogP contribution in [0.4, 0.5) is 17.6 Å². The molecule has 0 unspecified atom stereocenters. The summed E-state index contributed by atoms with van der Waals surface area (Å²) in [6.07, 6.45) is -0.863. The maximum Gasteiger partial charge on any atom is 0.281 e. The number of amides is 2. The Hall–Kier alpha value is -3.50. The van der Waals surface area contributed by atoms with Gasteiger partial charge in [-0.05, 0) is 12.1 Å². The zero-order valence-corrected chi connectivity index (χ0v) is 14.9. The summed E-state index contributed by atoms with van der Waals surface area (Å²) in [6.45, 7) is 3.24. The molecule has 0 atom stereocenters. The van der Waals surface area contributed by atoms with E-state index >= 15 is 0 Å². The molecule has 2 amide bonds. The van der Waals surface area contributed by atoms with E-state index in [9.17, 15) is 27.2 Å². The highest BCUT2D eigenvalue weighted by Crippen LogP contribution is 2.15. The van der Waals surface area contributed by atoms with Crippen molar-refractivity contribution < 1.29 is 31.9 Å². The van der Waals surface area contributed by atoms with E-state index in [0.717, 1.165) is 24.5 Å². The van der Waals surface area contributed by atoms with Crippen molar-refractivity contribution in [3.8, 4) is 5.75 Å². The van der Waals surface area contributed by atoms with Gasteiger partial charge in [0, 0.05) is 24.7 Å². The molecule has 11 heteroatoms. The molecule has 0 aliphatic rings. The molecule has 29 heavy (non-hydrogen) atoms. The minimum Gasteiger partial charge on any atom is -0.484 e. The van der Waals surface area contributed by atoms with E-state index in [-0.39, 0.29) is 30.1 Å². The number of benzene rings is 1. The lowest BCUT2D eigenvalue weighted by atomic mass is 10.3. The van der Waals surface area contributed by atoms with Gasteiger partial charge < -0.3 is 15.4 Å². The van der Waals surface area contributed by atoms with Crippen molar-refractivity contribution >= 4 is 11.8 Å². The molecule has 154 valence electrons. The third-order valence-corrected chi connectivity index (χ3v) is 3.42. The van der Waals surface area contributed by atoms with Crippen LogP contribution < -0.4 is 15.4 Å². The van der Waals surface area contributed by atoms with Crippen molar-refractivity contribution in [2.24, 2.45) is 0 Å². The quantitative estimate of drug-likeness (QED) is 0.618. The highest BCUT2D eigenvalue weighted by Gasteiger charge is 2.13. The van der Waals surface area contributed by atoms with Crippen LogP contribution in [0.3, 0.4) is 0 Å². The van der Waals surface area contributed by atoms with Gasteiger partial charge >= 0.3 is 0 Å². The van der Waals surface area contributed by atoms with Crippen LogP contribution in [0, 0.1) is 11.6 Å². The lowest BCUT2D eigenvalue weighted by Crippen LogP contribution is -2.31. The second-order valence-electron chi connectivity index (χ2n) is 5.65. The number of alkyl halides is 2. The van der Waals surface area contributed by atoms with Crippen molar-refractivity contribution in [3.63, 3.8) is 0 Å². The molecule has 0 saturated heterocycles. The Kier molecular flexibility index (Phi) is 7.63. The first-order chi connectivity index (χ1) is 13.8. The van der Waals surface area contributed by atoms with E-state index in [4.69, 9.17) is 4.74 Å². The van der Waals surface area contributed by atoms with Gasteiger partial charge in [-0.2, -0.15) is 0 Å². The molecule has 0 spiro atoms. The third-order valence-electron chi connectivity index (χ3n) is 3.42. The van der Waals surface area contributed by atoms with Crippen LogP contribution in [0.5, 0.6) is 5.75 Å². The van der Waals surface area contributed by atoms with Gasteiger partial charge in [-0.3, -0.25) is 14.6 Å². The Morgan fingerprint density at radius 3 is 2.52 bits per heavy atom. The van der Waals surface area contributed by atoms with Gasteiger partial charge in [0.15, 0.2) is 18.2 Å². The minimum atomic E-state index is -2.78. The van der Waals surface area contributed by atoms with Gasteiger partial charge in [0.05, 0.1) is 12.4 Å². The SMILES string of the molecule is C=C(CCNC(=O)c1cnc(C(F)F)cn1)NC(=O)COc1ccc(F)c(F)c1. The highest BCUT2D eigenvalue weighted by molar-refractivity contribution is 5.91. The molecule has 0 aliphatic heterocycles. The summed E-state index contributed by atoms with van der Waals surface area (Å²) in [6, 6.07) is 2.85. The molecule has 2 rings (SSSR count). The summed E-state index contributed by atoms with van der Waals surface area (Å²) in [5.74, 6) is -3.36. The van der Waals surface area contributed by atoms with Crippen molar-refractivity contribution in [2.75, 3.05) is 13.2 Å². The molecule has 0 fully saturated rings. The summed E-state index contributed by atoms with van der Waals surface area (Å²) in [5, 5.41) is 4.89. The number of carbonyl (C=O) groups is 2. The third kappa shape index (κ3) is 6.87. The van der Waals surface area contributed by atoms with Crippen LogP contribution in [0.25, 0.3) is 0 Å². The predicted molar refractivity (Wildman–Crippen MR) is 93.1 cm³/mol. The van der Waals surface area contributed by atoms with Gasteiger partial charge in [0.1, 0.15) is 17.1 Å². The van der Waals surface area contributed by atoms with Crippen LogP contribution in [-0.2, 0) is 4.79 Å². The molecule has 1 aromatic heterocycles. The Balaban J connectivity index is 1.69. The molecule has 7 nitrogen and oxygen atoms in total. The molecular weight excluding hydrogens is 396 g/mol. The molecule has 2 aromatic rings. The van der Waals surface area contributed by atoms with E-state index in [0.29, 0.717) is 0 Å². The number of nitrogens with one attached hydrogen (secondary N) is 2. The van der Waals surface area contributed by atoms with Crippen LogP contribution in [0.15, 0.2) is 42.9 Å². The lowest BCUT2D eigenvalue weighted by Gasteiger charge is -2.10. The summed E-state index contributed by atoms with van der Waals surface area (Å²) < 4.78 is 55.7. The lowest BCUT2D eigenvalue weighted by molar-refractivity contribution is -0.122. The number of hydrogen-bond donors (Lipinski definition) is 2. The van der Waals surface area contributed by atoms with Gasteiger partial charge in [-0.25, -0.2) is 22.5 Å². The van der Waals surface area contributed by atoms with E-state index in [1.54, 1.807) is 0 Å². The molecule has 0 radical (unpaired) electrons. The first-order valence-corrected chi connectivity index (χ1v) is 8.20. The number of aromatic nitrogens is 2. The second-order valence-corrected chi connectivity index (χ2v) is 5.65. The second kappa shape index (κ2) is 10.2. The standard InChI is InChI=1S/C18H16F4N4O3/c1-10(26-16(27)9-29-11-2-3-12(19)13(20)6-11)4-5-23-18(28)15-8-24-14(7-25-15)17(21)22/h2-3,6-8,17H,1,4-5,9H2,(H,23,28)(H,26,27). The monoisotopic (exact) mass is 412 g/mol. The maximum absolute atomic E-state index is 13.1. The summed E-state index contributed by atoms with van der Waals surface area (Å²) in [4.78, 5) is 30.6. The molecular formula is C18H16F4N4O3. The Bertz CT molecular complexity index is 891. The average Bonchev–Trinajstić information content (AvgIpc) is 2.68. The molecule has 1 heterocycles. The Labute approximate surface area is 162 Å². The first-order valence-electron chi connectivity index (χ1n) is 8.20. The normalized spacial score (nSPS) is 10.5. The number of halogens is 4. The fourth-order valence-electron chi connectivity index (χ4n) is 2.00. The van der Waals surface area contributed by atoms with Gasteiger partial charge in [-0.1, -0.05) is 6.58 Å². The fraction of sp³-hybridized carbons (Fsp3) is 0.222. The van der Waals surface area contributed by atoms with E-state index in [1.165, 1.54) is 6.07 Å². The largest absolute Gasteiger partial charge is 0.484 e. The maximum atomic E-state index is 13.1. The van der Waals surface area contributed by atoms with Gasteiger partial charge in [-0.15, -0.1) is 0 Å². The van der Waals surface area contributed by atoms with E-state index in [1.807, 2.05) is 0 Å². The summed E-state index contributed by atoms with van der Waals surface area (Å²) in [5.41, 5.74) is -0.407. The smallest absolute Gasteiger partial charge is 0.281 e. The van der Waals surface area contributed by atoms with E-state index < -0.39 is 42.2 Å². The van der Waals surface area contributed by atoms with Crippen LogP contribution >= 0.6 is 0 Å². The summed E-state index contributed by atoms with van der Waals surface area (Å²) in [7, 11) is 0. The Morgan fingerprint density at radius 1 is 1.14 bits per heavy atom.